The Kier molecular flexibility index (Phi) is 4.25. The molecular formula is C12H13BrF2O2. The average molecular weight is 307 g/mol. The summed E-state index contributed by atoms with van der Waals surface area (Å²) in [6.45, 7) is 5.16. The monoisotopic (exact) mass is 306 g/mol. The summed E-state index contributed by atoms with van der Waals surface area (Å²) in [5.74, 6) is -2.04. The van der Waals surface area contributed by atoms with Gasteiger partial charge in [-0.1, -0.05) is 15.9 Å². The van der Waals surface area contributed by atoms with Crippen molar-refractivity contribution in [1.29, 1.82) is 0 Å². The topological polar surface area (TPSA) is 26.3 Å². The number of carbonyl (C=O) groups excluding carboxylic acids is 1. The van der Waals surface area contributed by atoms with E-state index in [1.54, 1.807) is 20.8 Å². The zero-order chi connectivity index (χ0) is 13.2. The van der Waals surface area contributed by atoms with Crippen LogP contribution >= 0.6 is 15.9 Å². The maximum absolute atomic E-state index is 13.0. The molecule has 0 aromatic heterocycles. The van der Waals surface area contributed by atoms with Gasteiger partial charge in [-0.3, -0.25) is 4.79 Å². The van der Waals surface area contributed by atoms with E-state index in [0.29, 0.717) is 0 Å². The van der Waals surface area contributed by atoms with Crippen molar-refractivity contribution < 1.29 is 18.3 Å². The maximum atomic E-state index is 13.0. The molecule has 1 unspecified atom stereocenters. The number of benzene rings is 1. The summed E-state index contributed by atoms with van der Waals surface area (Å²) in [6.07, 6.45) is 0. The standard InChI is InChI=1S/C12H13BrF2O2/c1-12(2,3)17-11(16)10(13)7-4-8(14)6-9(15)5-7/h4-6,10H,1-3H3. The van der Waals surface area contributed by atoms with E-state index in [1.165, 1.54) is 0 Å². The number of esters is 1. The van der Waals surface area contributed by atoms with Crippen molar-refractivity contribution in [3.8, 4) is 0 Å². The number of ether oxygens (including phenoxy) is 1. The summed E-state index contributed by atoms with van der Waals surface area (Å²) in [4.78, 5) is 10.8. The number of hydrogen-bond donors (Lipinski definition) is 0. The highest BCUT2D eigenvalue weighted by molar-refractivity contribution is 9.09. The van der Waals surface area contributed by atoms with E-state index in [2.05, 4.69) is 15.9 Å². The van der Waals surface area contributed by atoms with Crippen molar-refractivity contribution in [3.63, 3.8) is 0 Å². The summed E-state index contributed by atoms with van der Waals surface area (Å²) >= 11 is 3.06. The lowest BCUT2D eigenvalue weighted by atomic mass is 10.1. The summed E-state index contributed by atoms with van der Waals surface area (Å²) in [5.41, 5.74) is -0.452. The third-order valence-corrected chi connectivity index (χ3v) is 2.69. The quantitative estimate of drug-likeness (QED) is 0.614. The van der Waals surface area contributed by atoms with Crippen LogP contribution in [0.3, 0.4) is 0 Å². The Hall–Kier alpha value is -0.970. The SMILES string of the molecule is CC(C)(C)OC(=O)C(Br)c1cc(F)cc(F)c1. The molecule has 1 aromatic carbocycles. The third kappa shape index (κ3) is 4.42. The molecule has 1 atom stereocenters. The number of halogens is 3. The van der Waals surface area contributed by atoms with Crippen LogP contribution in [-0.4, -0.2) is 11.6 Å². The van der Waals surface area contributed by atoms with E-state index in [4.69, 9.17) is 4.74 Å². The third-order valence-electron chi connectivity index (χ3n) is 1.79. The molecule has 0 N–H and O–H groups in total. The highest BCUT2D eigenvalue weighted by atomic mass is 79.9. The van der Waals surface area contributed by atoms with Crippen LogP contribution in [-0.2, 0) is 9.53 Å². The van der Waals surface area contributed by atoms with E-state index in [0.717, 1.165) is 18.2 Å². The molecular weight excluding hydrogens is 294 g/mol. The molecule has 0 amide bonds. The zero-order valence-corrected chi connectivity index (χ0v) is 11.3. The number of carbonyl (C=O) groups is 1. The van der Waals surface area contributed by atoms with Crippen molar-refractivity contribution in [2.45, 2.75) is 31.2 Å². The van der Waals surface area contributed by atoms with E-state index in [1.807, 2.05) is 0 Å². The van der Waals surface area contributed by atoms with Crippen LogP contribution in [0, 0.1) is 11.6 Å². The molecule has 0 aliphatic carbocycles. The second-order valence-corrected chi connectivity index (χ2v) is 5.51. The highest BCUT2D eigenvalue weighted by Gasteiger charge is 2.25. The van der Waals surface area contributed by atoms with Gasteiger partial charge in [0.15, 0.2) is 0 Å². The average Bonchev–Trinajstić information content (AvgIpc) is 2.12. The number of hydrogen-bond acceptors (Lipinski definition) is 2. The molecule has 17 heavy (non-hydrogen) atoms. The fraction of sp³-hybridized carbons (Fsp3) is 0.417. The maximum Gasteiger partial charge on any atom is 0.324 e. The van der Waals surface area contributed by atoms with Gasteiger partial charge in [0.05, 0.1) is 0 Å². The van der Waals surface area contributed by atoms with E-state index < -0.39 is 28.0 Å². The molecule has 94 valence electrons. The van der Waals surface area contributed by atoms with Crippen LogP contribution < -0.4 is 0 Å². The van der Waals surface area contributed by atoms with Gasteiger partial charge in [0.25, 0.3) is 0 Å². The van der Waals surface area contributed by atoms with E-state index >= 15 is 0 Å². The lowest BCUT2D eigenvalue weighted by Gasteiger charge is -2.21. The van der Waals surface area contributed by atoms with Crippen LogP contribution in [0.4, 0.5) is 8.78 Å². The molecule has 0 saturated carbocycles. The Balaban J connectivity index is 2.89. The van der Waals surface area contributed by atoms with E-state index in [9.17, 15) is 13.6 Å². The molecule has 1 rings (SSSR count). The van der Waals surface area contributed by atoms with Crippen LogP contribution in [0.2, 0.25) is 0 Å². The molecule has 0 spiro atoms. The molecule has 0 heterocycles. The van der Waals surface area contributed by atoms with Gasteiger partial charge >= 0.3 is 5.97 Å². The van der Waals surface area contributed by atoms with Gasteiger partial charge in [0.2, 0.25) is 0 Å². The largest absolute Gasteiger partial charge is 0.459 e. The molecule has 0 aliphatic heterocycles. The summed E-state index contributed by atoms with van der Waals surface area (Å²) in [5, 5.41) is 0. The lowest BCUT2D eigenvalue weighted by molar-refractivity contribution is -0.154. The van der Waals surface area contributed by atoms with Gasteiger partial charge in [0.1, 0.15) is 22.1 Å². The van der Waals surface area contributed by atoms with Crippen LogP contribution in [0.1, 0.15) is 31.2 Å². The minimum atomic E-state index is -0.882. The fourth-order valence-corrected chi connectivity index (χ4v) is 1.57. The molecule has 0 radical (unpaired) electrons. The first-order valence-corrected chi connectivity index (χ1v) is 5.93. The lowest BCUT2D eigenvalue weighted by Crippen LogP contribution is -2.26. The summed E-state index contributed by atoms with van der Waals surface area (Å²) in [7, 11) is 0. The van der Waals surface area contributed by atoms with Crippen molar-refractivity contribution in [1.82, 2.24) is 0 Å². The highest BCUT2D eigenvalue weighted by Crippen LogP contribution is 2.27. The predicted molar refractivity (Wildman–Crippen MR) is 63.9 cm³/mol. The number of rotatable bonds is 2. The van der Waals surface area contributed by atoms with Gasteiger partial charge in [-0.25, -0.2) is 8.78 Å². The minimum absolute atomic E-state index is 0.191. The molecule has 0 bridgehead atoms. The Morgan fingerprint density at radius 1 is 1.24 bits per heavy atom. The van der Waals surface area contributed by atoms with Crippen molar-refractivity contribution in [2.75, 3.05) is 0 Å². The summed E-state index contributed by atoms with van der Waals surface area (Å²) in [6, 6.07) is 2.93. The first-order chi connectivity index (χ1) is 7.69. The molecule has 2 nitrogen and oxygen atoms in total. The Morgan fingerprint density at radius 3 is 2.12 bits per heavy atom. The summed E-state index contributed by atoms with van der Waals surface area (Å²) < 4.78 is 31.1. The van der Waals surface area contributed by atoms with Gasteiger partial charge in [-0.05, 0) is 38.5 Å². The fourth-order valence-electron chi connectivity index (χ4n) is 1.21. The van der Waals surface area contributed by atoms with Gasteiger partial charge in [0, 0.05) is 6.07 Å². The normalized spacial score (nSPS) is 13.3. The van der Waals surface area contributed by atoms with Gasteiger partial charge < -0.3 is 4.74 Å². The second kappa shape index (κ2) is 5.12. The van der Waals surface area contributed by atoms with Crippen molar-refractivity contribution in [3.05, 3.63) is 35.4 Å². The predicted octanol–water partition coefficient (Wildman–Crippen LogP) is 3.74. The second-order valence-electron chi connectivity index (χ2n) is 4.60. The van der Waals surface area contributed by atoms with Crippen LogP contribution in [0.25, 0.3) is 0 Å². The zero-order valence-electron chi connectivity index (χ0n) is 9.76. The molecule has 0 fully saturated rings. The van der Waals surface area contributed by atoms with E-state index in [-0.39, 0.29) is 5.56 Å². The molecule has 5 heteroatoms. The van der Waals surface area contributed by atoms with Crippen molar-refractivity contribution >= 4 is 21.9 Å². The Labute approximate surface area is 107 Å². The van der Waals surface area contributed by atoms with Crippen LogP contribution in [0.5, 0.6) is 0 Å². The smallest absolute Gasteiger partial charge is 0.324 e. The van der Waals surface area contributed by atoms with Crippen molar-refractivity contribution in [2.24, 2.45) is 0 Å². The molecule has 0 saturated heterocycles. The minimum Gasteiger partial charge on any atom is -0.459 e. The first kappa shape index (κ1) is 14.1. The number of alkyl halides is 1. The Morgan fingerprint density at radius 2 is 1.71 bits per heavy atom. The molecule has 0 aliphatic rings. The first-order valence-electron chi connectivity index (χ1n) is 5.02. The van der Waals surface area contributed by atoms with Gasteiger partial charge in [-0.15, -0.1) is 0 Å². The Bertz CT molecular complexity index is 407. The van der Waals surface area contributed by atoms with Gasteiger partial charge in [-0.2, -0.15) is 0 Å². The molecule has 1 aromatic rings. The van der Waals surface area contributed by atoms with Crippen LogP contribution in [0.15, 0.2) is 18.2 Å².